The third-order valence-corrected chi connectivity index (χ3v) is 6.53. The van der Waals surface area contributed by atoms with Gasteiger partial charge in [-0.05, 0) is 38.4 Å². The number of phenolic OH excluding ortho intramolecular Hbond substituents is 1. The maximum absolute atomic E-state index is 13.1. The Balaban J connectivity index is 1.39. The number of ether oxygens (including phenoxy) is 2. The zero-order valence-electron chi connectivity index (χ0n) is 17.1. The highest BCUT2D eigenvalue weighted by atomic mass is 16.6. The lowest BCUT2D eigenvalue weighted by Gasteiger charge is -2.41. The van der Waals surface area contributed by atoms with Crippen molar-refractivity contribution in [2.24, 2.45) is 0 Å². The molecule has 30 heavy (non-hydrogen) atoms. The normalized spacial score (nSPS) is 28.2. The molecule has 8 nitrogen and oxygen atoms in total. The molecule has 2 N–H and O–H groups in total. The number of anilines is 1. The monoisotopic (exact) mass is 413 g/mol. The van der Waals surface area contributed by atoms with Crippen molar-refractivity contribution in [2.45, 2.75) is 44.4 Å². The van der Waals surface area contributed by atoms with Crippen molar-refractivity contribution >= 4 is 17.4 Å². The van der Waals surface area contributed by atoms with Crippen LogP contribution in [0.4, 0.5) is 5.69 Å². The summed E-state index contributed by atoms with van der Waals surface area (Å²) in [5, 5.41) is 13.9. The van der Waals surface area contributed by atoms with Gasteiger partial charge in [-0.25, -0.2) is 0 Å². The van der Waals surface area contributed by atoms with E-state index in [4.69, 9.17) is 9.47 Å². The summed E-state index contributed by atoms with van der Waals surface area (Å²) in [6.45, 7) is 5.59. The van der Waals surface area contributed by atoms with Gasteiger partial charge in [0.05, 0.1) is 17.9 Å². The third-order valence-electron chi connectivity index (χ3n) is 6.53. The molecule has 4 heterocycles. The molecule has 0 radical (unpaired) electrons. The fourth-order valence-electron chi connectivity index (χ4n) is 4.90. The van der Waals surface area contributed by atoms with Gasteiger partial charge in [-0.3, -0.25) is 14.5 Å². The molecule has 0 spiro atoms. The Morgan fingerprint density at radius 1 is 1.30 bits per heavy atom. The molecule has 0 aromatic heterocycles. The average Bonchev–Trinajstić information content (AvgIpc) is 3.18. The van der Waals surface area contributed by atoms with Crippen molar-refractivity contribution < 1.29 is 24.2 Å². The molecule has 0 saturated carbocycles. The van der Waals surface area contributed by atoms with Crippen LogP contribution in [0.1, 0.15) is 36.5 Å². The molecule has 3 saturated heterocycles. The quantitative estimate of drug-likeness (QED) is 0.710. The fourth-order valence-corrected chi connectivity index (χ4v) is 4.90. The Kier molecular flexibility index (Phi) is 4.91. The number of ketones is 1. The molecule has 3 fully saturated rings. The van der Waals surface area contributed by atoms with Crippen molar-refractivity contribution in [3.63, 3.8) is 0 Å². The van der Waals surface area contributed by atoms with E-state index in [0.717, 1.165) is 19.5 Å². The second-order valence-electron chi connectivity index (χ2n) is 8.30. The predicted octanol–water partition coefficient (Wildman–Crippen LogP) is 1.71. The minimum Gasteiger partial charge on any atom is -0.505 e. The number of amides is 1. The Morgan fingerprint density at radius 2 is 2.13 bits per heavy atom. The van der Waals surface area contributed by atoms with Crippen LogP contribution in [0.5, 0.6) is 5.75 Å². The van der Waals surface area contributed by atoms with Gasteiger partial charge < -0.3 is 24.8 Å². The number of nitrogens with one attached hydrogen (secondary N) is 1. The van der Waals surface area contributed by atoms with E-state index in [2.05, 4.69) is 10.2 Å². The summed E-state index contributed by atoms with van der Waals surface area (Å²) in [4.78, 5) is 30.0. The van der Waals surface area contributed by atoms with Gasteiger partial charge in [-0.15, -0.1) is 0 Å². The number of hydrogen-bond donors (Lipinski definition) is 2. The number of phenols is 1. The largest absolute Gasteiger partial charge is 0.505 e. The summed E-state index contributed by atoms with van der Waals surface area (Å²) in [6.07, 6.45) is 2.21. The molecule has 160 valence electrons. The van der Waals surface area contributed by atoms with E-state index in [-0.39, 0.29) is 29.1 Å². The summed E-state index contributed by atoms with van der Waals surface area (Å²) in [7, 11) is 0. The number of Topliss-reactive ketones (excluding diaryl/α,β-unsaturated/α-hetero) is 1. The van der Waals surface area contributed by atoms with Crippen LogP contribution in [-0.2, 0) is 14.3 Å². The van der Waals surface area contributed by atoms with E-state index >= 15 is 0 Å². The molecule has 6 rings (SSSR count). The van der Waals surface area contributed by atoms with Crippen LogP contribution in [-0.4, -0.2) is 77.6 Å². The molecular weight excluding hydrogens is 386 g/mol. The lowest BCUT2D eigenvalue weighted by Crippen LogP contribution is -2.52. The second-order valence-corrected chi connectivity index (χ2v) is 8.30. The number of aromatic hydroxyl groups is 1. The van der Waals surface area contributed by atoms with Crippen LogP contribution in [0, 0.1) is 0 Å². The molecule has 3 atom stereocenters. The first kappa shape index (κ1) is 19.4. The Hall–Kier alpha value is -2.58. The fraction of sp³-hybridized carbons (Fsp3) is 0.545. The van der Waals surface area contributed by atoms with Gasteiger partial charge in [0.2, 0.25) is 5.78 Å². The first-order chi connectivity index (χ1) is 14.6. The van der Waals surface area contributed by atoms with Gasteiger partial charge in [0.1, 0.15) is 17.9 Å². The second kappa shape index (κ2) is 7.59. The number of carbonyl (C=O) groups is 2. The molecule has 4 aliphatic heterocycles. The average molecular weight is 413 g/mol. The van der Waals surface area contributed by atoms with E-state index in [1.165, 1.54) is 6.42 Å². The maximum Gasteiger partial charge on any atom is 0.257 e. The van der Waals surface area contributed by atoms with E-state index in [9.17, 15) is 14.7 Å². The smallest absolute Gasteiger partial charge is 0.257 e. The minimum absolute atomic E-state index is 0.146. The van der Waals surface area contributed by atoms with Gasteiger partial charge >= 0.3 is 0 Å². The Morgan fingerprint density at radius 3 is 2.93 bits per heavy atom. The van der Waals surface area contributed by atoms with Crippen molar-refractivity contribution in [1.82, 2.24) is 9.80 Å². The molecule has 1 amide bonds. The molecule has 1 aromatic rings. The van der Waals surface area contributed by atoms with E-state index in [1.54, 1.807) is 18.2 Å². The summed E-state index contributed by atoms with van der Waals surface area (Å²) >= 11 is 0. The summed E-state index contributed by atoms with van der Waals surface area (Å²) < 4.78 is 11.2. The van der Waals surface area contributed by atoms with Crippen molar-refractivity contribution in [3.05, 3.63) is 35.2 Å². The standard InChI is InChI=1S/C22H27N3O5/c1-2-29-21-17-11-16(30-17)20(27)18(21)23-15-7-3-6-14(19(15)26)22(28)25-10-9-24-8-4-5-13(24)12-25/h3,6-7,13,16-17,23,26H,2,4-5,8-12H2,1H3/t13-,16?,17?/m0/s1. The number of para-hydroxylation sites is 1. The third kappa shape index (κ3) is 3.15. The molecule has 2 bridgehead atoms. The Bertz CT molecular complexity index is 908. The number of nitrogens with zero attached hydrogens (tertiary/aromatic N) is 2. The van der Waals surface area contributed by atoms with Crippen LogP contribution in [0.3, 0.4) is 0 Å². The first-order valence-corrected chi connectivity index (χ1v) is 10.8. The first-order valence-electron chi connectivity index (χ1n) is 10.8. The van der Waals surface area contributed by atoms with E-state index in [0.29, 0.717) is 49.3 Å². The van der Waals surface area contributed by atoms with Gasteiger partial charge in [-0.2, -0.15) is 0 Å². The topological polar surface area (TPSA) is 91.3 Å². The molecule has 5 aliphatic rings. The van der Waals surface area contributed by atoms with Crippen LogP contribution in [0.15, 0.2) is 29.7 Å². The van der Waals surface area contributed by atoms with E-state index < -0.39 is 6.10 Å². The minimum atomic E-state index is -0.462. The highest BCUT2D eigenvalue weighted by Crippen LogP contribution is 2.39. The van der Waals surface area contributed by atoms with Gasteiger partial charge in [0.15, 0.2) is 11.5 Å². The molecule has 1 aliphatic carbocycles. The zero-order valence-corrected chi connectivity index (χ0v) is 17.1. The highest BCUT2D eigenvalue weighted by molar-refractivity contribution is 6.05. The Labute approximate surface area is 175 Å². The molecule has 8 heteroatoms. The highest BCUT2D eigenvalue weighted by Gasteiger charge is 2.48. The maximum atomic E-state index is 13.1. The number of hydrogen-bond acceptors (Lipinski definition) is 7. The molecular formula is C22H27N3O5. The summed E-state index contributed by atoms with van der Waals surface area (Å²) in [6, 6.07) is 5.42. The number of fused-ring (bicyclic) bond motifs is 2. The van der Waals surface area contributed by atoms with Gasteiger partial charge in [-0.1, -0.05) is 6.07 Å². The van der Waals surface area contributed by atoms with Crippen molar-refractivity contribution in [3.8, 4) is 5.75 Å². The van der Waals surface area contributed by atoms with Crippen LogP contribution >= 0.6 is 0 Å². The number of carbonyl (C=O) groups excluding carboxylic acids is 2. The number of piperazine rings is 1. The van der Waals surface area contributed by atoms with Crippen molar-refractivity contribution in [1.29, 1.82) is 0 Å². The van der Waals surface area contributed by atoms with E-state index in [1.807, 2.05) is 11.8 Å². The summed E-state index contributed by atoms with van der Waals surface area (Å²) in [5.74, 6) is -0.0385. The van der Waals surface area contributed by atoms with Crippen LogP contribution in [0.25, 0.3) is 0 Å². The predicted molar refractivity (Wildman–Crippen MR) is 109 cm³/mol. The number of benzene rings is 1. The molecule has 2 unspecified atom stereocenters. The lowest BCUT2D eigenvalue weighted by atomic mass is 9.89. The number of rotatable bonds is 5. The summed E-state index contributed by atoms with van der Waals surface area (Å²) in [5.41, 5.74) is 0.876. The van der Waals surface area contributed by atoms with Gasteiger partial charge in [0, 0.05) is 32.1 Å². The molecule has 1 aromatic carbocycles. The van der Waals surface area contributed by atoms with Crippen molar-refractivity contribution in [2.75, 3.05) is 38.1 Å². The van der Waals surface area contributed by atoms with Crippen LogP contribution < -0.4 is 5.32 Å². The zero-order chi connectivity index (χ0) is 20.8. The lowest BCUT2D eigenvalue weighted by molar-refractivity contribution is -0.163. The SMILES string of the molecule is CCOC1=C(Nc2cccc(C(=O)N3CCN4CCC[C@H]4C3)c2O)C(=O)C2CC1O2. The van der Waals surface area contributed by atoms with Gasteiger partial charge in [0.25, 0.3) is 5.91 Å². The van der Waals surface area contributed by atoms with Crippen LogP contribution in [0.2, 0.25) is 0 Å².